The van der Waals surface area contributed by atoms with E-state index in [-0.39, 0.29) is 12.6 Å². The number of ketones is 1. The number of methoxy groups -OCH3 is 1. The lowest BCUT2D eigenvalue weighted by molar-refractivity contribution is -0.162. The summed E-state index contributed by atoms with van der Waals surface area (Å²) in [4.78, 5) is 16.6. The van der Waals surface area contributed by atoms with E-state index in [1.807, 2.05) is 13.1 Å². The first-order valence-corrected chi connectivity index (χ1v) is 8.67. The minimum absolute atomic E-state index is 0.0259. The average molecular weight is 319 g/mol. The second-order valence-electron chi connectivity index (χ2n) is 6.62. The van der Waals surface area contributed by atoms with E-state index in [1.165, 1.54) is 31.2 Å². The lowest BCUT2D eigenvalue weighted by Gasteiger charge is -2.29. The van der Waals surface area contributed by atoms with Gasteiger partial charge in [-0.25, -0.2) is 0 Å². The summed E-state index contributed by atoms with van der Waals surface area (Å²) in [5.41, 5.74) is 1.38. The molecule has 128 valence electrons. The Balaban J connectivity index is 2.01. The molecule has 4 heteroatoms. The van der Waals surface area contributed by atoms with E-state index in [9.17, 15) is 4.79 Å². The third kappa shape index (κ3) is 5.40. The molecule has 1 aromatic rings. The number of nitrogens with zero attached hydrogens (tertiary/aromatic N) is 1. The van der Waals surface area contributed by atoms with Crippen molar-refractivity contribution >= 4 is 5.78 Å². The van der Waals surface area contributed by atoms with Gasteiger partial charge in [0.1, 0.15) is 12.4 Å². The van der Waals surface area contributed by atoms with Crippen LogP contribution < -0.4 is 0 Å². The van der Waals surface area contributed by atoms with Gasteiger partial charge < -0.3 is 9.47 Å². The zero-order chi connectivity index (χ0) is 16.7. The van der Waals surface area contributed by atoms with Gasteiger partial charge in [-0.15, -0.1) is 0 Å². The summed E-state index contributed by atoms with van der Waals surface area (Å²) in [5.74, 6) is 1.00. The Morgan fingerprint density at radius 3 is 2.83 bits per heavy atom. The Bertz CT molecular complexity index is 513. The van der Waals surface area contributed by atoms with Crippen LogP contribution in [0, 0.1) is 5.92 Å². The Labute approximate surface area is 139 Å². The quantitative estimate of drug-likeness (QED) is 0.583. The highest BCUT2D eigenvalue weighted by Gasteiger charge is 2.35. The lowest BCUT2D eigenvalue weighted by atomic mass is 9.89. The maximum absolute atomic E-state index is 12.1. The van der Waals surface area contributed by atoms with E-state index in [2.05, 4.69) is 17.1 Å². The van der Waals surface area contributed by atoms with Crippen LogP contribution in [0.25, 0.3) is 0 Å². The summed E-state index contributed by atoms with van der Waals surface area (Å²) >= 11 is 0. The number of aryl methyl sites for hydroxylation is 1. The zero-order valence-electron chi connectivity index (χ0n) is 14.6. The van der Waals surface area contributed by atoms with Gasteiger partial charge in [-0.2, -0.15) is 0 Å². The molecule has 4 nitrogen and oxygen atoms in total. The van der Waals surface area contributed by atoms with Gasteiger partial charge in [0.15, 0.2) is 5.78 Å². The Morgan fingerprint density at radius 1 is 1.43 bits per heavy atom. The zero-order valence-corrected chi connectivity index (χ0v) is 14.6. The van der Waals surface area contributed by atoms with Gasteiger partial charge in [-0.05, 0) is 49.8 Å². The van der Waals surface area contributed by atoms with Gasteiger partial charge >= 0.3 is 0 Å². The highest BCUT2D eigenvalue weighted by molar-refractivity contribution is 5.85. The third-order valence-corrected chi connectivity index (χ3v) is 4.79. The van der Waals surface area contributed by atoms with Crippen LogP contribution in [0.3, 0.4) is 0 Å². The van der Waals surface area contributed by atoms with Gasteiger partial charge in [-0.1, -0.05) is 26.2 Å². The summed E-state index contributed by atoms with van der Waals surface area (Å²) < 4.78 is 10.7. The van der Waals surface area contributed by atoms with Gasteiger partial charge in [0, 0.05) is 25.4 Å². The minimum Gasteiger partial charge on any atom is -0.359 e. The van der Waals surface area contributed by atoms with Gasteiger partial charge in [0.25, 0.3) is 0 Å². The van der Waals surface area contributed by atoms with Crippen molar-refractivity contribution in [2.45, 2.75) is 64.4 Å². The van der Waals surface area contributed by atoms with Crippen molar-refractivity contribution < 1.29 is 14.3 Å². The maximum atomic E-state index is 12.1. The predicted octanol–water partition coefficient (Wildman–Crippen LogP) is 3.72. The Hall–Kier alpha value is -1.26. The number of pyridine rings is 1. The fourth-order valence-electron chi connectivity index (χ4n) is 3.00. The van der Waals surface area contributed by atoms with E-state index in [1.54, 1.807) is 14.0 Å². The van der Waals surface area contributed by atoms with Crippen molar-refractivity contribution in [2.75, 3.05) is 13.9 Å². The van der Waals surface area contributed by atoms with E-state index in [0.29, 0.717) is 12.8 Å². The van der Waals surface area contributed by atoms with Crippen LogP contribution in [0.2, 0.25) is 0 Å². The number of Topliss-reactive ketones (excluding diaryl/α,β-unsaturated/α-hetero) is 1. The van der Waals surface area contributed by atoms with Gasteiger partial charge in [0.05, 0.1) is 0 Å². The molecule has 1 heterocycles. The largest absolute Gasteiger partial charge is 0.359 e. The van der Waals surface area contributed by atoms with Crippen molar-refractivity contribution in [3.8, 4) is 0 Å². The number of hydrogen-bond acceptors (Lipinski definition) is 4. The standard InChI is InChI=1S/C19H29NO3/c1-4-19(15(2)21,23-14-22-3)13-18-12-17(10-11-20-18)7-5-6-16-8-9-16/h10-12,16H,4-9,13-14H2,1-3H3. The molecule has 0 bridgehead atoms. The number of carbonyl (C=O) groups excluding carboxylic acids is 1. The number of rotatable bonds is 11. The maximum Gasteiger partial charge on any atom is 0.162 e. The summed E-state index contributed by atoms with van der Waals surface area (Å²) in [5, 5.41) is 0. The van der Waals surface area contributed by atoms with Crippen LogP contribution in [0.1, 0.15) is 57.2 Å². The van der Waals surface area contributed by atoms with Crippen molar-refractivity contribution in [2.24, 2.45) is 5.92 Å². The van der Waals surface area contributed by atoms with E-state index < -0.39 is 5.60 Å². The third-order valence-electron chi connectivity index (χ3n) is 4.79. The molecule has 0 saturated heterocycles. The molecule has 0 N–H and O–H groups in total. The van der Waals surface area contributed by atoms with Crippen LogP contribution in [0.4, 0.5) is 0 Å². The van der Waals surface area contributed by atoms with Crippen LogP contribution in [0.15, 0.2) is 18.3 Å². The molecule has 2 rings (SSSR count). The second kappa shape index (κ2) is 8.55. The van der Waals surface area contributed by atoms with Crippen molar-refractivity contribution in [1.82, 2.24) is 4.98 Å². The number of aromatic nitrogens is 1. The fourth-order valence-corrected chi connectivity index (χ4v) is 3.00. The topological polar surface area (TPSA) is 48.4 Å². The minimum atomic E-state index is -0.838. The van der Waals surface area contributed by atoms with Crippen molar-refractivity contribution in [1.29, 1.82) is 0 Å². The lowest BCUT2D eigenvalue weighted by Crippen LogP contribution is -2.42. The molecule has 1 aliphatic carbocycles. The molecule has 0 radical (unpaired) electrons. The first kappa shape index (κ1) is 18.1. The molecule has 1 saturated carbocycles. The number of carbonyl (C=O) groups is 1. The second-order valence-corrected chi connectivity index (χ2v) is 6.62. The summed E-state index contributed by atoms with van der Waals surface area (Å²) in [6.45, 7) is 3.67. The van der Waals surface area contributed by atoms with Crippen molar-refractivity contribution in [3.05, 3.63) is 29.6 Å². The molecular weight excluding hydrogens is 290 g/mol. The SMILES string of the molecule is CCC(Cc1cc(CCCC2CC2)ccn1)(OCOC)C(C)=O. The summed E-state index contributed by atoms with van der Waals surface area (Å²) in [6, 6.07) is 4.20. The molecule has 0 aromatic carbocycles. The molecule has 1 unspecified atom stereocenters. The summed E-state index contributed by atoms with van der Waals surface area (Å²) in [7, 11) is 1.57. The van der Waals surface area contributed by atoms with Crippen LogP contribution in [0.5, 0.6) is 0 Å². The molecule has 1 atom stereocenters. The number of ether oxygens (including phenoxy) is 2. The molecule has 23 heavy (non-hydrogen) atoms. The highest BCUT2D eigenvalue weighted by Crippen LogP contribution is 2.34. The van der Waals surface area contributed by atoms with Crippen LogP contribution >= 0.6 is 0 Å². The Kier molecular flexibility index (Phi) is 6.72. The first-order valence-electron chi connectivity index (χ1n) is 8.67. The van der Waals surface area contributed by atoms with E-state index in [0.717, 1.165) is 18.0 Å². The van der Waals surface area contributed by atoms with Gasteiger partial charge in [-0.3, -0.25) is 9.78 Å². The molecule has 0 amide bonds. The summed E-state index contributed by atoms with van der Waals surface area (Å²) in [6.07, 6.45) is 9.44. The number of hydrogen-bond donors (Lipinski definition) is 0. The first-order chi connectivity index (χ1) is 11.1. The molecular formula is C19H29NO3. The smallest absolute Gasteiger partial charge is 0.162 e. The molecule has 1 aromatic heterocycles. The predicted molar refractivity (Wildman–Crippen MR) is 90.3 cm³/mol. The van der Waals surface area contributed by atoms with Crippen molar-refractivity contribution in [3.63, 3.8) is 0 Å². The average Bonchev–Trinajstić information content (AvgIpc) is 3.36. The fraction of sp³-hybridized carbons (Fsp3) is 0.684. The monoisotopic (exact) mass is 319 g/mol. The molecule has 1 fully saturated rings. The van der Waals surface area contributed by atoms with E-state index >= 15 is 0 Å². The highest BCUT2D eigenvalue weighted by atomic mass is 16.7. The Morgan fingerprint density at radius 2 is 2.22 bits per heavy atom. The van der Waals surface area contributed by atoms with Crippen LogP contribution in [-0.4, -0.2) is 30.3 Å². The molecule has 0 aliphatic heterocycles. The van der Waals surface area contributed by atoms with Crippen LogP contribution in [-0.2, 0) is 27.1 Å². The normalized spacial score (nSPS) is 17.0. The molecule has 0 spiro atoms. The van der Waals surface area contributed by atoms with E-state index in [4.69, 9.17) is 9.47 Å². The molecule has 1 aliphatic rings. The van der Waals surface area contributed by atoms with Gasteiger partial charge in [0.2, 0.25) is 0 Å².